The molecule has 2 aromatic rings. The van der Waals surface area contributed by atoms with Crippen LogP contribution in [-0.2, 0) is 0 Å². The summed E-state index contributed by atoms with van der Waals surface area (Å²) in [4.78, 5) is 0. The lowest BCUT2D eigenvalue weighted by molar-refractivity contribution is 0.771. The summed E-state index contributed by atoms with van der Waals surface area (Å²) >= 11 is 18.4. The average Bonchev–Trinajstić information content (AvgIpc) is 2.71. The van der Waals surface area contributed by atoms with Gasteiger partial charge in [-0.3, -0.25) is 0 Å². The van der Waals surface area contributed by atoms with E-state index in [2.05, 4.69) is 18.2 Å². The second-order valence-corrected chi connectivity index (χ2v) is 5.90. The normalized spacial score (nSPS) is 21.9. The standard InChI is InChI=1S/C15H11Cl3/c16-13-6-5-9(7-15(13)18)12-8-14(17)11-4-2-1-3-10(11)12/h1-7,12,14H,8H2. The van der Waals surface area contributed by atoms with E-state index in [4.69, 9.17) is 34.8 Å². The molecule has 18 heavy (non-hydrogen) atoms. The van der Waals surface area contributed by atoms with Gasteiger partial charge in [0, 0.05) is 5.92 Å². The molecule has 2 aromatic carbocycles. The maximum atomic E-state index is 6.40. The van der Waals surface area contributed by atoms with Crippen LogP contribution in [0, 0.1) is 0 Å². The van der Waals surface area contributed by atoms with E-state index in [0.29, 0.717) is 16.0 Å². The summed E-state index contributed by atoms with van der Waals surface area (Å²) in [5.41, 5.74) is 3.71. The van der Waals surface area contributed by atoms with E-state index < -0.39 is 0 Å². The first-order chi connectivity index (χ1) is 8.66. The summed E-state index contributed by atoms with van der Waals surface area (Å²) in [7, 11) is 0. The fourth-order valence-corrected chi connectivity index (χ4v) is 3.30. The fourth-order valence-electron chi connectivity index (χ4n) is 2.62. The van der Waals surface area contributed by atoms with E-state index in [-0.39, 0.29) is 5.38 Å². The molecule has 0 aliphatic heterocycles. The molecule has 3 rings (SSSR count). The minimum absolute atomic E-state index is 0.0839. The molecular weight excluding hydrogens is 287 g/mol. The predicted octanol–water partition coefficient (Wildman–Crippen LogP) is 5.81. The van der Waals surface area contributed by atoms with Gasteiger partial charge < -0.3 is 0 Å². The lowest BCUT2D eigenvalue weighted by atomic mass is 9.93. The first-order valence-corrected chi connectivity index (χ1v) is 7.04. The van der Waals surface area contributed by atoms with Crippen LogP contribution in [0.15, 0.2) is 42.5 Å². The highest BCUT2D eigenvalue weighted by Gasteiger charge is 2.30. The zero-order chi connectivity index (χ0) is 12.7. The fraction of sp³-hybridized carbons (Fsp3) is 0.200. The van der Waals surface area contributed by atoms with Crippen molar-refractivity contribution in [3.8, 4) is 0 Å². The molecule has 92 valence electrons. The van der Waals surface area contributed by atoms with Gasteiger partial charge in [-0.2, -0.15) is 0 Å². The van der Waals surface area contributed by atoms with Crippen molar-refractivity contribution < 1.29 is 0 Å². The Labute approximate surface area is 121 Å². The predicted molar refractivity (Wildman–Crippen MR) is 78.0 cm³/mol. The molecule has 0 saturated carbocycles. The van der Waals surface area contributed by atoms with Gasteiger partial charge >= 0.3 is 0 Å². The Balaban J connectivity index is 2.06. The molecule has 0 spiro atoms. The van der Waals surface area contributed by atoms with Crippen LogP contribution in [0.5, 0.6) is 0 Å². The second-order valence-electron chi connectivity index (χ2n) is 4.56. The molecule has 2 unspecified atom stereocenters. The van der Waals surface area contributed by atoms with Crippen LogP contribution in [0.1, 0.15) is 34.4 Å². The van der Waals surface area contributed by atoms with Crippen LogP contribution in [-0.4, -0.2) is 0 Å². The van der Waals surface area contributed by atoms with Crippen molar-refractivity contribution in [3.05, 3.63) is 69.2 Å². The molecule has 0 heterocycles. The summed E-state index contributed by atoms with van der Waals surface area (Å²) in [5.74, 6) is 0.318. The lowest BCUT2D eigenvalue weighted by Crippen LogP contribution is -1.96. The van der Waals surface area contributed by atoms with Crippen molar-refractivity contribution in [2.75, 3.05) is 0 Å². The van der Waals surface area contributed by atoms with E-state index >= 15 is 0 Å². The van der Waals surface area contributed by atoms with Gasteiger partial charge in [0.25, 0.3) is 0 Å². The van der Waals surface area contributed by atoms with Crippen molar-refractivity contribution in [2.45, 2.75) is 17.7 Å². The Bertz CT molecular complexity index is 592. The highest BCUT2D eigenvalue weighted by Crippen LogP contribution is 2.47. The van der Waals surface area contributed by atoms with Gasteiger partial charge in [-0.25, -0.2) is 0 Å². The molecule has 0 aromatic heterocycles. The van der Waals surface area contributed by atoms with Crippen LogP contribution in [0.2, 0.25) is 10.0 Å². The maximum Gasteiger partial charge on any atom is 0.0597 e. The summed E-state index contributed by atoms with van der Waals surface area (Å²) < 4.78 is 0. The first-order valence-electron chi connectivity index (χ1n) is 5.84. The Morgan fingerprint density at radius 1 is 0.889 bits per heavy atom. The molecular formula is C15H11Cl3. The number of hydrogen-bond acceptors (Lipinski definition) is 0. The number of benzene rings is 2. The van der Waals surface area contributed by atoms with Gasteiger partial charge in [-0.15, -0.1) is 11.6 Å². The third-order valence-electron chi connectivity index (χ3n) is 3.50. The zero-order valence-corrected chi connectivity index (χ0v) is 11.8. The largest absolute Gasteiger partial charge is 0.118 e. The van der Waals surface area contributed by atoms with Gasteiger partial charge in [0.2, 0.25) is 0 Å². The Kier molecular flexibility index (Phi) is 3.27. The second kappa shape index (κ2) is 4.77. The summed E-state index contributed by atoms with van der Waals surface area (Å²) in [6.07, 6.45) is 0.916. The van der Waals surface area contributed by atoms with Crippen molar-refractivity contribution in [3.63, 3.8) is 0 Å². The van der Waals surface area contributed by atoms with E-state index in [9.17, 15) is 0 Å². The Morgan fingerprint density at radius 3 is 2.33 bits per heavy atom. The number of hydrogen-bond donors (Lipinski definition) is 0. The molecule has 0 amide bonds. The van der Waals surface area contributed by atoms with Crippen LogP contribution in [0.25, 0.3) is 0 Å². The van der Waals surface area contributed by atoms with Crippen molar-refractivity contribution in [2.24, 2.45) is 0 Å². The number of fused-ring (bicyclic) bond motifs is 1. The third kappa shape index (κ3) is 2.03. The van der Waals surface area contributed by atoms with E-state index in [1.807, 2.05) is 24.3 Å². The van der Waals surface area contributed by atoms with Gasteiger partial charge in [0.1, 0.15) is 0 Å². The molecule has 0 bridgehead atoms. The zero-order valence-electron chi connectivity index (χ0n) is 9.54. The molecule has 0 nitrogen and oxygen atoms in total. The van der Waals surface area contributed by atoms with Crippen LogP contribution < -0.4 is 0 Å². The SMILES string of the molecule is Clc1ccc(C2CC(Cl)c3ccccc32)cc1Cl. The molecule has 0 radical (unpaired) electrons. The van der Waals surface area contributed by atoms with E-state index in [0.717, 1.165) is 6.42 Å². The average molecular weight is 298 g/mol. The molecule has 2 atom stereocenters. The van der Waals surface area contributed by atoms with E-state index in [1.54, 1.807) is 0 Å². The van der Waals surface area contributed by atoms with Crippen LogP contribution >= 0.6 is 34.8 Å². The van der Waals surface area contributed by atoms with Gasteiger partial charge in [-0.05, 0) is 35.2 Å². The van der Waals surface area contributed by atoms with E-state index in [1.165, 1.54) is 16.7 Å². The monoisotopic (exact) mass is 296 g/mol. The maximum absolute atomic E-state index is 6.40. The lowest BCUT2D eigenvalue weighted by Gasteiger charge is -2.12. The quantitative estimate of drug-likeness (QED) is 0.583. The molecule has 1 aliphatic rings. The van der Waals surface area contributed by atoms with Crippen molar-refractivity contribution >= 4 is 34.8 Å². The highest BCUT2D eigenvalue weighted by molar-refractivity contribution is 6.42. The molecule has 0 saturated heterocycles. The summed E-state index contributed by atoms with van der Waals surface area (Å²) in [6.45, 7) is 0. The summed E-state index contributed by atoms with van der Waals surface area (Å²) in [5, 5.41) is 1.28. The smallest absolute Gasteiger partial charge is 0.0597 e. The minimum atomic E-state index is 0.0839. The molecule has 1 aliphatic carbocycles. The Morgan fingerprint density at radius 2 is 1.61 bits per heavy atom. The topological polar surface area (TPSA) is 0 Å². The van der Waals surface area contributed by atoms with Gasteiger partial charge in [0.15, 0.2) is 0 Å². The molecule has 0 fully saturated rings. The highest BCUT2D eigenvalue weighted by atomic mass is 35.5. The molecule has 0 N–H and O–H groups in total. The number of alkyl halides is 1. The summed E-state index contributed by atoms with van der Waals surface area (Å²) in [6, 6.07) is 14.2. The van der Waals surface area contributed by atoms with Crippen LogP contribution in [0.3, 0.4) is 0 Å². The van der Waals surface area contributed by atoms with Crippen molar-refractivity contribution in [1.82, 2.24) is 0 Å². The minimum Gasteiger partial charge on any atom is -0.118 e. The van der Waals surface area contributed by atoms with Crippen molar-refractivity contribution in [1.29, 1.82) is 0 Å². The third-order valence-corrected chi connectivity index (χ3v) is 4.65. The van der Waals surface area contributed by atoms with Crippen LogP contribution in [0.4, 0.5) is 0 Å². The van der Waals surface area contributed by atoms with Gasteiger partial charge in [-0.1, -0.05) is 53.5 Å². The number of rotatable bonds is 1. The first kappa shape index (κ1) is 12.3. The Hall–Kier alpha value is -0.690. The number of halogens is 3. The molecule has 3 heteroatoms. The van der Waals surface area contributed by atoms with Gasteiger partial charge in [0.05, 0.1) is 15.4 Å².